The van der Waals surface area contributed by atoms with Gasteiger partial charge in [0.2, 0.25) is 0 Å². The second kappa shape index (κ2) is 3.77. The average Bonchev–Trinajstić information content (AvgIpc) is 2.57. The Hall–Kier alpha value is -1.77. The summed E-state index contributed by atoms with van der Waals surface area (Å²) in [5.41, 5.74) is 2.11. The highest BCUT2D eigenvalue weighted by Crippen LogP contribution is 2.18. The summed E-state index contributed by atoms with van der Waals surface area (Å²) in [4.78, 5) is 11.2. The molecule has 0 N–H and O–H groups in total. The number of ether oxygens (including phenoxy) is 1. The summed E-state index contributed by atoms with van der Waals surface area (Å²) in [6, 6.07) is 10.1. The van der Waals surface area contributed by atoms with Crippen molar-refractivity contribution in [1.82, 2.24) is 4.57 Å². The van der Waals surface area contributed by atoms with Crippen LogP contribution in [0, 0.1) is 0 Å². The molecule has 0 radical (unpaired) electrons. The molecule has 2 rings (SSSR count). The standard InChI is InChI=1S/C12H13NO2/c1-13-10(8-12(14)15-2)7-9-5-3-4-6-11(9)13/h3-7H,8H2,1-2H3. The first-order valence-corrected chi connectivity index (χ1v) is 4.82. The lowest BCUT2D eigenvalue weighted by Crippen LogP contribution is -2.07. The number of nitrogens with zero attached hydrogens (tertiary/aromatic N) is 1. The van der Waals surface area contributed by atoms with Crippen molar-refractivity contribution in [3.8, 4) is 0 Å². The van der Waals surface area contributed by atoms with Crippen molar-refractivity contribution in [2.45, 2.75) is 6.42 Å². The Morgan fingerprint density at radius 3 is 2.80 bits per heavy atom. The number of hydrogen-bond acceptors (Lipinski definition) is 2. The predicted octanol–water partition coefficient (Wildman–Crippen LogP) is 1.89. The number of esters is 1. The molecule has 1 aromatic heterocycles. The number of aryl methyl sites for hydroxylation is 1. The van der Waals surface area contributed by atoms with Crippen LogP contribution in [0.25, 0.3) is 10.9 Å². The molecule has 1 aromatic carbocycles. The van der Waals surface area contributed by atoms with Crippen molar-refractivity contribution in [2.24, 2.45) is 7.05 Å². The van der Waals surface area contributed by atoms with Gasteiger partial charge in [-0.3, -0.25) is 4.79 Å². The Bertz CT molecular complexity index is 499. The molecule has 3 nitrogen and oxygen atoms in total. The third kappa shape index (κ3) is 1.73. The van der Waals surface area contributed by atoms with Gasteiger partial charge in [-0.2, -0.15) is 0 Å². The first-order chi connectivity index (χ1) is 7.22. The van der Waals surface area contributed by atoms with Crippen LogP contribution in [0.3, 0.4) is 0 Å². The summed E-state index contributed by atoms with van der Waals surface area (Å²) >= 11 is 0. The van der Waals surface area contributed by atoms with Crippen LogP contribution in [0.1, 0.15) is 5.69 Å². The first kappa shape index (κ1) is 9.77. The molecule has 0 saturated heterocycles. The molecular weight excluding hydrogens is 190 g/mol. The maximum Gasteiger partial charge on any atom is 0.311 e. The Kier molecular flexibility index (Phi) is 2.46. The normalized spacial score (nSPS) is 10.5. The van der Waals surface area contributed by atoms with Crippen LogP contribution < -0.4 is 0 Å². The smallest absolute Gasteiger partial charge is 0.311 e. The largest absolute Gasteiger partial charge is 0.469 e. The van der Waals surface area contributed by atoms with Gasteiger partial charge in [-0.05, 0) is 17.5 Å². The maximum absolute atomic E-state index is 11.2. The van der Waals surface area contributed by atoms with E-state index in [4.69, 9.17) is 0 Å². The summed E-state index contributed by atoms with van der Waals surface area (Å²) in [6.07, 6.45) is 0.321. The molecule has 78 valence electrons. The molecule has 0 saturated carbocycles. The van der Waals surface area contributed by atoms with Gasteiger partial charge in [-0.25, -0.2) is 0 Å². The Morgan fingerprint density at radius 2 is 2.13 bits per heavy atom. The van der Waals surface area contributed by atoms with Gasteiger partial charge in [-0.15, -0.1) is 0 Å². The van der Waals surface area contributed by atoms with Crippen LogP contribution in [0.15, 0.2) is 30.3 Å². The van der Waals surface area contributed by atoms with Crippen LogP contribution >= 0.6 is 0 Å². The van der Waals surface area contributed by atoms with E-state index in [0.717, 1.165) is 16.6 Å². The predicted molar refractivity (Wildman–Crippen MR) is 58.6 cm³/mol. The van der Waals surface area contributed by atoms with E-state index in [9.17, 15) is 4.79 Å². The van der Waals surface area contributed by atoms with Gasteiger partial charge in [-0.1, -0.05) is 18.2 Å². The third-order valence-corrected chi connectivity index (χ3v) is 2.60. The van der Waals surface area contributed by atoms with E-state index in [1.807, 2.05) is 41.9 Å². The number of benzene rings is 1. The zero-order valence-corrected chi connectivity index (χ0v) is 8.86. The SMILES string of the molecule is COC(=O)Cc1cc2ccccc2n1C. The van der Waals surface area contributed by atoms with E-state index in [-0.39, 0.29) is 5.97 Å². The first-order valence-electron chi connectivity index (χ1n) is 4.82. The van der Waals surface area contributed by atoms with Crippen LogP contribution in [0.2, 0.25) is 0 Å². The number of rotatable bonds is 2. The molecule has 0 aliphatic heterocycles. The fraction of sp³-hybridized carbons (Fsp3) is 0.250. The second-order valence-corrected chi connectivity index (χ2v) is 3.51. The quantitative estimate of drug-likeness (QED) is 0.698. The molecule has 3 heteroatoms. The number of fused-ring (bicyclic) bond motifs is 1. The minimum Gasteiger partial charge on any atom is -0.469 e. The van der Waals surface area contributed by atoms with Crippen molar-refractivity contribution < 1.29 is 9.53 Å². The summed E-state index contributed by atoms with van der Waals surface area (Å²) in [5, 5.41) is 1.15. The van der Waals surface area contributed by atoms with Gasteiger partial charge in [0.05, 0.1) is 13.5 Å². The highest BCUT2D eigenvalue weighted by molar-refractivity contribution is 5.83. The summed E-state index contributed by atoms with van der Waals surface area (Å²) < 4.78 is 6.67. The van der Waals surface area contributed by atoms with E-state index in [2.05, 4.69) is 4.74 Å². The van der Waals surface area contributed by atoms with Gasteiger partial charge >= 0.3 is 5.97 Å². The van der Waals surface area contributed by atoms with Gasteiger partial charge in [0.1, 0.15) is 0 Å². The topological polar surface area (TPSA) is 31.2 Å². The molecule has 0 aliphatic carbocycles. The highest BCUT2D eigenvalue weighted by Gasteiger charge is 2.09. The van der Waals surface area contributed by atoms with Crippen LogP contribution in [0.4, 0.5) is 0 Å². The molecule has 0 aliphatic rings. The lowest BCUT2D eigenvalue weighted by atomic mass is 10.2. The maximum atomic E-state index is 11.2. The van der Waals surface area contributed by atoms with Gasteiger partial charge in [0.15, 0.2) is 0 Å². The minimum atomic E-state index is -0.207. The lowest BCUT2D eigenvalue weighted by Gasteiger charge is -2.02. The number of para-hydroxylation sites is 1. The van der Waals surface area contributed by atoms with Crippen LogP contribution in [-0.2, 0) is 23.0 Å². The molecular formula is C12H13NO2. The highest BCUT2D eigenvalue weighted by atomic mass is 16.5. The molecule has 0 unspecified atom stereocenters. The number of hydrogen-bond donors (Lipinski definition) is 0. The Balaban J connectivity index is 2.44. The van der Waals surface area contributed by atoms with E-state index in [1.54, 1.807) is 0 Å². The minimum absolute atomic E-state index is 0.207. The van der Waals surface area contributed by atoms with Crippen LogP contribution in [-0.4, -0.2) is 17.6 Å². The van der Waals surface area contributed by atoms with Gasteiger partial charge in [0, 0.05) is 18.3 Å². The van der Waals surface area contributed by atoms with Crippen LogP contribution in [0.5, 0.6) is 0 Å². The van der Waals surface area contributed by atoms with Crippen molar-refractivity contribution in [3.63, 3.8) is 0 Å². The molecule has 0 bridgehead atoms. The van der Waals surface area contributed by atoms with E-state index >= 15 is 0 Å². The molecule has 0 amide bonds. The number of methoxy groups -OCH3 is 1. The number of aromatic nitrogens is 1. The summed E-state index contributed by atoms with van der Waals surface area (Å²) in [5.74, 6) is -0.207. The number of carbonyl (C=O) groups excluding carboxylic acids is 1. The monoisotopic (exact) mass is 203 g/mol. The van der Waals surface area contributed by atoms with Gasteiger partial charge in [0.25, 0.3) is 0 Å². The molecule has 15 heavy (non-hydrogen) atoms. The van der Waals surface area contributed by atoms with E-state index in [1.165, 1.54) is 7.11 Å². The summed E-state index contributed by atoms with van der Waals surface area (Å²) in [6.45, 7) is 0. The molecule has 0 spiro atoms. The second-order valence-electron chi connectivity index (χ2n) is 3.51. The fourth-order valence-corrected chi connectivity index (χ4v) is 1.74. The molecule has 1 heterocycles. The fourth-order valence-electron chi connectivity index (χ4n) is 1.74. The average molecular weight is 203 g/mol. The van der Waals surface area contributed by atoms with Crippen molar-refractivity contribution >= 4 is 16.9 Å². The van der Waals surface area contributed by atoms with Gasteiger partial charge < -0.3 is 9.30 Å². The summed E-state index contributed by atoms with van der Waals surface area (Å²) in [7, 11) is 3.37. The van der Waals surface area contributed by atoms with Crippen molar-refractivity contribution in [1.29, 1.82) is 0 Å². The lowest BCUT2D eigenvalue weighted by molar-refractivity contribution is -0.139. The third-order valence-electron chi connectivity index (χ3n) is 2.60. The van der Waals surface area contributed by atoms with E-state index < -0.39 is 0 Å². The Labute approximate surface area is 88.3 Å². The number of carbonyl (C=O) groups is 1. The zero-order chi connectivity index (χ0) is 10.8. The Morgan fingerprint density at radius 1 is 1.40 bits per heavy atom. The van der Waals surface area contributed by atoms with Crippen molar-refractivity contribution in [2.75, 3.05) is 7.11 Å². The molecule has 0 fully saturated rings. The van der Waals surface area contributed by atoms with E-state index in [0.29, 0.717) is 6.42 Å². The zero-order valence-electron chi connectivity index (χ0n) is 8.86. The molecule has 2 aromatic rings. The van der Waals surface area contributed by atoms with Crippen molar-refractivity contribution in [3.05, 3.63) is 36.0 Å². The molecule has 0 atom stereocenters.